The Bertz CT molecular complexity index is 1360. The molecule has 50 heavy (non-hydrogen) atoms. The number of esters is 1. The summed E-state index contributed by atoms with van der Waals surface area (Å²) in [5.74, 6) is 1.58. The summed E-state index contributed by atoms with van der Waals surface area (Å²) in [7, 11) is 2.18. The molecule has 6 aliphatic rings. The van der Waals surface area contributed by atoms with E-state index in [1.54, 1.807) is 13.8 Å². The molecule has 1 aliphatic heterocycles. The summed E-state index contributed by atoms with van der Waals surface area (Å²) in [6.45, 7) is 24.6. The largest absolute Gasteiger partial charge is 0.481 e. The molecule has 5 saturated carbocycles. The van der Waals surface area contributed by atoms with Crippen LogP contribution in [0.1, 0.15) is 145 Å². The second-order valence-electron chi connectivity index (χ2n) is 20.6. The number of nitrogens with zero attached hydrogens (tertiary/aromatic N) is 1. The predicted molar refractivity (Wildman–Crippen MR) is 198 cm³/mol. The van der Waals surface area contributed by atoms with Crippen LogP contribution in [0.15, 0.2) is 12.2 Å². The summed E-state index contributed by atoms with van der Waals surface area (Å²) >= 11 is 0. The van der Waals surface area contributed by atoms with Gasteiger partial charge < -0.3 is 20.1 Å². The van der Waals surface area contributed by atoms with Crippen molar-refractivity contribution in [1.82, 2.24) is 10.2 Å². The fourth-order valence-corrected chi connectivity index (χ4v) is 14.2. The van der Waals surface area contributed by atoms with Gasteiger partial charge in [0, 0.05) is 17.9 Å². The van der Waals surface area contributed by atoms with E-state index in [1.807, 2.05) is 0 Å². The van der Waals surface area contributed by atoms with Gasteiger partial charge in [-0.1, -0.05) is 46.8 Å². The highest BCUT2D eigenvalue weighted by atomic mass is 16.5. The summed E-state index contributed by atoms with van der Waals surface area (Å²) in [5.41, 5.74) is 0.636. The zero-order valence-electron chi connectivity index (χ0n) is 33.1. The first-order chi connectivity index (χ1) is 23.2. The highest BCUT2D eigenvalue weighted by Crippen LogP contribution is 2.78. The number of rotatable bonds is 8. The van der Waals surface area contributed by atoms with E-state index in [2.05, 4.69) is 65.4 Å². The lowest BCUT2D eigenvalue weighted by Gasteiger charge is -2.73. The van der Waals surface area contributed by atoms with Gasteiger partial charge >= 0.3 is 11.9 Å². The summed E-state index contributed by atoms with van der Waals surface area (Å²) in [6, 6.07) is 0.311. The van der Waals surface area contributed by atoms with Crippen molar-refractivity contribution in [3.8, 4) is 0 Å². The van der Waals surface area contributed by atoms with Crippen LogP contribution >= 0.6 is 0 Å². The minimum Gasteiger partial charge on any atom is -0.481 e. The Hall–Kier alpha value is -1.89. The van der Waals surface area contributed by atoms with Gasteiger partial charge in [-0.15, -0.1) is 0 Å². The molecule has 1 saturated heterocycles. The van der Waals surface area contributed by atoms with Crippen molar-refractivity contribution >= 4 is 17.8 Å². The average molecular weight is 695 g/mol. The summed E-state index contributed by atoms with van der Waals surface area (Å²) < 4.78 is 6.19. The maximum absolute atomic E-state index is 13.9. The van der Waals surface area contributed by atoms with Crippen molar-refractivity contribution in [2.75, 3.05) is 20.1 Å². The molecule has 2 unspecified atom stereocenters. The number of carboxylic acid groups (broad SMARTS) is 1. The number of aliphatic carboxylic acids is 1. The fraction of sp³-hybridized carbons (Fsp3) is 0.884. The van der Waals surface area contributed by atoms with Crippen LogP contribution in [0.25, 0.3) is 0 Å². The number of likely N-dealkylation sites (tertiary alicyclic amines) is 1. The third-order valence-corrected chi connectivity index (χ3v) is 17.2. The minimum absolute atomic E-state index is 0.0762. The van der Waals surface area contributed by atoms with Gasteiger partial charge in [-0.25, -0.2) is 0 Å². The topological polar surface area (TPSA) is 95.9 Å². The molecule has 282 valence electrons. The van der Waals surface area contributed by atoms with Crippen LogP contribution in [0.5, 0.6) is 0 Å². The van der Waals surface area contributed by atoms with Gasteiger partial charge in [0.05, 0.1) is 11.8 Å². The molecule has 1 amide bonds. The molecule has 7 heteroatoms. The van der Waals surface area contributed by atoms with Crippen LogP contribution in [0.2, 0.25) is 0 Å². The fourth-order valence-electron chi connectivity index (χ4n) is 14.2. The Balaban J connectivity index is 1.22. The third kappa shape index (κ3) is 5.99. The highest BCUT2D eigenvalue weighted by molar-refractivity contribution is 5.81. The van der Waals surface area contributed by atoms with Crippen LogP contribution in [-0.2, 0) is 19.1 Å². The van der Waals surface area contributed by atoms with Crippen LogP contribution in [0, 0.1) is 62.1 Å². The number of fused-ring (bicyclic) bond motifs is 7. The maximum Gasteiger partial charge on any atom is 0.309 e. The lowest BCUT2D eigenvalue weighted by atomic mass is 9.32. The molecule has 0 aromatic heterocycles. The first-order valence-corrected chi connectivity index (χ1v) is 20.3. The zero-order chi connectivity index (χ0) is 36.7. The van der Waals surface area contributed by atoms with Crippen molar-refractivity contribution in [1.29, 1.82) is 0 Å². The standard InChI is InChI=1S/C43H70N2O5/c1-27(2)29-13-20-43(25-34(46)44-28-16-23-45(10)24-17-28)22-21-41(8)30(36(29)43)11-12-32-40(7)18-15-33(50-35(47)26-38(3,4)37(48)49)39(5,6)31(40)14-19-42(32,41)9/h28-33,36H,1,11-26H2,2-10H3,(H,44,46)(H,48,49)/t29-,30+,31?,32?,33-,36+,40-,41+,42+,43+/m0/s1. The first kappa shape index (κ1) is 37.9. The number of carbonyl (C=O) groups excluding carboxylic acids is 2. The lowest BCUT2D eigenvalue weighted by Crippen LogP contribution is -2.67. The zero-order valence-corrected chi connectivity index (χ0v) is 33.1. The number of hydrogen-bond acceptors (Lipinski definition) is 5. The molecule has 0 aromatic carbocycles. The maximum atomic E-state index is 13.9. The van der Waals surface area contributed by atoms with Crippen molar-refractivity contribution in [2.45, 2.75) is 157 Å². The second-order valence-corrected chi connectivity index (χ2v) is 20.6. The van der Waals surface area contributed by atoms with Gasteiger partial charge in [0.25, 0.3) is 0 Å². The monoisotopic (exact) mass is 695 g/mol. The molecule has 1 heterocycles. The molecule has 0 radical (unpaired) electrons. The molecule has 0 bridgehead atoms. The number of carbonyl (C=O) groups is 3. The van der Waals surface area contributed by atoms with Gasteiger partial charge in [-0.2, -0.15) is 0 Å². The Labute approximate surface area is 303 Å². The quantitative estimate of drug-likeness (QED) is 0.195. The van der Waals surface area contributed by atoms with E-state index >= 15 is 0 Å². The number of allylic oxidation sites excluding steroid dienone is 1. The number of amides is 1. The molecular weight excluding hydrogens is 624 g/mol. The van der Waals surface area contributed by atoms with E-state index in [4.69, 9.17) is 4.74 Å². The predicted octanol–water partition coefficient (Wildman–Crippen LogP) is 8.66. The van der Waals surface area contributed by atoms with Crippen molar-refractivity contribution in [3.63, 3.8) is 0 Å². The number of piperidine rings is 1. The molecule has 6 rings (SSSR count). The molecular formula is C43H70N2O5. The van der Waals surface area contributed by atoms with Gasteiger partial charge in [-0.05, 0) is 169 Å². The number of carboxylic acids is 1. The second kappa shape index (κ2) is 12.9. The van der Waals surface area contributed by atoms with E-state index in [1.165, 1.54) is 37.7 Å². The van der Waals surface area contributed by atoms with Gasteiger partial charge in [-0.3, -0.25) is 14.4 Å². The van der Waals surface area contributed by atoms with Crippen molar-refractivity contribution in [3.05, 3.63) is 12.2 Å². The molecule has 0 aromatic rings. The van der Waals surface area contributed by atoms with Gasteiger partial charge in [0.1, 0.15) is 6.10 Å². The lowest BCUT2D eigenvalue weighted by molar-refractivity contribution is -0.250. The van der Waals surface area contributed by atoms with Gasteiger partial charge in [0.15, 0.2) is 0 Å². The van der Waals surface area contributed by atoms with Crippen LogP contribution < -0.4 is 5.32 Å². The smallest absolute Gasteiger partial charge is 0.309 e. The Morgan fingerprint density at radius 2 is 1.54 bits per heavy atom. The Morgan fingerprint density at radius 3 is 2.18 bits per heavy atom. The molecule has 2 N–H and O–H groups in total. The molecule has 0 spiro atoms. The van der Waals surface area contributed by atoms with Crippen molar-refractivity contribution in [2.24, 2.45) is 62.1 Å². The molecule has 5 aliphatic carbocycles. The summed E-state index contributed by atoms with van der Waals surface area (Å²) in [5, 5.41) is 13.1. The van der Waals surface area contributed by atoms with E-state index < -0.39 is 11.4 Å². The van der Waals surface area contributed by atoms with E-state index in [0.717, 1.165) is 58.0 Å². The summed E-state index contributed by atoms with van der Waals surface area (Å²) in [4.78, 5) is 41.0. The molecule has 6 fully saturated rings. The Morgan fingerprint density at radius 1 is 0.860 bits per heavy atom. The van der Waals surface area contributed by atoms with Crippen LogP contribution in [0.4, 0.5) is 0 Å². The van der Waals surface area contributed by atoms with E-state index in [-0.39, 0.29) is 51.5 Å². The van der Waals surface area contributed by atoms with Crippen molar-refractivity contribution < 1.29 is 24.2 Å². The first-order valence-electron chi connectivity index (χ1n) is 20.3. The third-order valence-electron chi connectivity index (χ3n) is 17.2. The number of ether oxygens (including phenoxy) is 1. The Kier molecular flexibility index (Phi) is 9.77. The van der Waals surface area contributed by atoms with E-state index in [0.29, 0.717) is 42.1 Å². The molecule has 10 atom stereocenters. The minimum atomic E-state index is -1.14. The summed E-state index contributed by atoms with van der Waals surface area (Å²) in [6.07, 6.45) is 13.8. The normalized spacial score (nSPS) is 43.1. The SMILES string of the molecule is C=C(C)[C@@H]1CC[C@]2(CC(=O)NC3CCN(C)CC3)CC[C@]3(C)[C@H](CCC4[C@@]5(C)CC[C@H](OC(=O)CC(C)(C)C(=O)O)C(C)(C)C5CC[C@]43C)[C@@H]12. The van der Waals surface area contributed by atoms with Gasteiger partial charge in [0.2, 0.25) is 5.91 Å². The number of hydrogen-bond donors (Lipinski definition) is 2. The highest BCUT2D eigenvalue weighted by Gasteiger charge is 2.71. The van der Waals surface area contributed by atoms with E-state index in [9.17, 15) is 19.5 Å². The van der Waals surface area contributed by atoms with Crippen LogP contribution in [0.3, 0.4) is 0 Å². The number of nitrogens with one attached hydrogen (secondary N) is 1. The molecule has 7 nitrogen and oxygen atoms in total. The van der Waals surface area contributed by atoms with Crippen LogP contribution in [-0.4, -0.2) is 60.1 Å². The average Bonchev–Trinajstić information content (AvgIpc) is 3.39.